The molecule has 0 atom stereocenters. The summed E-state index contributed by atoms with van der Waals surface area (Å²) in [6.45, 7) is 2.77. The van der Waals surface area contributed by atoms with Crippen LogP contribution in [0.4, 0.5) is 0 Å². The summed E-state index contributed by atoms with van der Waals surface area (Å²) < 4.78 is 0. The summed E-state index contributed by atoms with van der Waals surface area (Å²) in [5, 5.41) is 17.8. The Morgan fingerprint density at radius 3 is 2.79 bits per heavy atom. The number of benzene rings is 2. The predicted molar refractivity (Wildman–Crippen MR) is 112 cm³/mol. The van der Waals surface area contributed by atoms with E-state index in [0.717, 1.165) is 53.7 Å². The first-order valence-electron chi connectivity index (χ1n) is 9.46. The van der Waals surface area contributed by atoms with Gasteiger partial charge in [-0.1, -0.05) is 18.2 Å². The number of aromatic hydroxyl groups is 1. The summed E-state index contributed by atoms with van der Waals surface area (Å²) in [4.78, 5) is 25.4. The van der Waals surface area contributed by atoms with Gasteiger partial charge in [-0.3, -0.25) is 9.59 Å². The van der Waals surface area contributed by atoms with Gasteiger partial charge in [-0.05, 0) is 72.5 Å². The molecule has 4 rings (SSSR count). The Bertz CT molecular complexity index is 1020. The fourth-order valence-corrected chi connectivity index (χ4v) is 4.56. The van der Waals surface area contributed by atoms with Crippen LogP contribution in [-0.4, -0.2) is 36.9 Å². The molecular formula is C22H22N2O3S. The molecule has 1 amide bonds. The standard InChI is InChI=1S/C22H22N2O3S/c25-13-18-17-3-1-16(11-15(17)2-4-19(18)26)20-5-6-21(28-20)22(27)24-12-14-7-9-23-10-8-14/h1-6,11,13-14,23,26H,7-10,12H2,(H,24,27). The van der Waals surface area contributed by atoms with E-state index in [4.69, 9.17) is 0 Å². The van der Waals surface area contributed by atoms with E-state index in [2.05, 4.69) is 10.6 Å². The Morgan fingerprint density at radius 1 is 1.18 bits per heavy atom. The van der Waals surface area contributed by atoms with Gasteiger partial charge in [-0.25, -0.2) is 0 Å². The third-order valence-electron chi connectivity index (χ3n) is 5.28. The summed E-state index contributed by atoms with van der Waals surface area (Å²) in [5.41, 5.74) is 1.28. The lowest BCUT2D eigenvalue weighted by Crippen LogP contribution is -2.35. The maximum atomic E-state index is 12.5. The van der Waals surface area contributed by atoms with Gasteiger partial charge in [-0.15, -0.1) is 11.3 Å². The molecule has 6 heteroatoms. The van der Waals surface area contributed by atoms with E-state index in [1.54, 1.807) is 6.07 Å². The Labute approximate surface area is 167 Å². The van der Waals surface area contributed by atoms with Gasteiger partial charge in [-0.2, -0.15) is 0 Å². The van der Waals surface area contributed by atoms with Crippen LogP contribution in [0.15, 0.2) is 42.5 Å². The molecule has 1 aliphatic heterocycles. The highest BCUT2D eigenvalue weighted by molar-refractivity contribution is 7.17. The number of hydrogen-bond acceptors (Lipinski definition) is 5. The van der Waals surface area contributed by atoms with Crippen molar-refractivity contribution in [2.75, 3.05) is 19.6 Å². The largest absolute Gasteiger partial charge is 0.507 e. The van der Waals surface area contributed by atoms with Crippen LogP contribution in [0.5, 0.6) is 5.75 Å². The molecule has 2 heterocycles. The number of rotatable bonds is 5. The second-order valence-electron chi connectivity index (χ2n) is 7.12. The summed E-state index contributed by atoms with van der Waals surface area (Å²) in [6.07, 6.45) is 2.88. The molecule has 28 heavy (non-hydrogen) atoms. The molecule has 5 nitrogen and oxygen atoms in total. The van der Waals surface area contributed by atoms with Gasteiger partial charge in [0.15, 0.2) is 6.29 Å². The zero-order chi connectivity index (χ0) is 19.5. The minimum absolute atomic E-state index is 0.0147. The number of phenolic OH excluding ortho intramolecular Hbond substituents is 1. The Hall–Kier alpha value is -2.70. The van der Waals surface area contributed by atoms with E-state index >= 15 is 0 Å². The summed E-state index contributed by atoms with van der Waals surface area (Å²) in [6, 6.07) is 12.9. The Balaban J connectivity index is 1.51. The molecule has 0 bridgehead atoms. The van der Waals surface area contributed by atoms with Gasteiger partial charge in [0.25, 0.3) is 5.91 Å². The van der Waals surface area contributed by atoms with Crippen LogP contribution >= 0.6 is 11.3 Å². The molecule has 0 aliphatic carbocycles. The second kappa shape index (κ2) is 8.12. The van der Waals surface area contributed by atoms with Crippen LogP contribution in [-0.2, 0) is 0 Å². The van der Waals surface area contributed by atoms with E-state index in [-0.39, 0.29) is 11.7 Å². The minimum atomic E-state index is -0.0243. The molecule has 1 fully saturated rings. The molecule has 0 radical (unpaired) electrons. The molecule has 2 aromatic carbocycles. The molecule has 1 saturated heterocycles. The first-order chi connectivity index (χ1) is 13.7. The third-order valence-corrected chi connectivity index (χ3v) is 6.41. The number of hydrogen-bond donors (Lipinski definition) is 3. The smallest absolute Gasteiger partial charge is 0.261 e. The SMILES string of the molecule is O=Cc1c(O)ccc2cc(-c3ccc(C(=O)NCC4CCNCC4)s3)ccc12. The molecule has 3 N–H and O–H groups in total. The molecule has 1 aromatic heterocycles. The van der Waals surface area contributed by atoms with Crippen molar-refractivity contribution < 1.29 is 14.7 Å². The van der Waals surface area contributed by atoms with E-state index in [0.29, 0.717) is 22.6 Å². The first kappa shape index (κ1) is 18.7. The molecule has 1 aliphatic rings. The number of fused-ring (bicyclic) bond motifs is 1. The van der Waals surface area contributed by atoms with Crippen molar-refractivity contribution in [2.45, 2.75) is 12.8 Å². The van der Waals surface area contributed by atoms with Crippen LogP contribution in [0.25, 0.3) is 21.2 Å². The van der Waals surface area contributed by atoms with E-state index < -0.39 is 0 Å². The fraction of sp³-hybridized carbons (Fsp3) is 0.273. The molecule has 0 saturated carbocycles. The highest BCUT2D eigenvalue weighted by Crippen LogP contribution is 2.33. The third kappa shape index (κ3) is 3.79. The van der Waals surface area contributed by atoms with Crippen LogP contribution < -0.4 is 10.6 Å². The highest BCUT2D eigenvalue weighted by Gasteiger charge is 2.16. The number of piperidine rings is 1. The lowest BCUT2D eigenvalue weighted by molar-refractivity contribution is 0.0948. The normalized spacial score (nSPS) is 14.9. The number of aldehydes is 1. The predicted octanol–water partition coefficient (Wildman–Crippen LogP) is 3.82. The topological polar surface area (TPSA) is 78.4 Å². The van der Waals surface area contributed by atoms with Crippen molar-refractivity contribution in [3.05, 3.63) is 52.9 Å². The number of carbonyl (C=O) groups excluding carboxylic acids is 2. The van der Waals surface area contributed by atoms with Crippen molar-refractivity contribution in [1.82, 2.24) is 10.6 Å². The average Bonchev–Trinajstić information content (AvgIpc) is 3.23. The van der Waals surface area contributed by atoms with Gasteiger partial charge >= 0.3 is 0 Å². The second-order valence-corrected chi connectivity index (χ2v) is 8.20. The van der Waals surface area contributed by atoms with E-state index in [1.165, 1.54) is 17.4 Å². The number of phenols is 1. The lowest BCUT2D eigenvalue weighted by atomic mass is 9.98. The van der Waals surface area contributed by atoms with Crippen LogP contribution in [0.1, 0.15) is 32.9 Å². The number of thiophene rings is 1. The zero-order valence-electron chi connectivity index (χ0n) is 15.4. The van der Waals surface area contributed by atoms with Gasteiger partial charge in [0, 0.05) is 11.4 Å². The highest BCUT2D eigenvalue weighted by atomic mass is 32.1. The number of carbonyl (C=O) groups is 2. The van der Waals surface area contributed by atoms with E-state index in [1.807, 2.05) is 30.3 Å². The quantitative estimate of drug-likeness (QED) is 0.575. The van der Waals surface area contributed by atoms with Crippen LogP contribution in [0, 0.1) is 5.92 Å². The Kier molecular flexibility index (Phi) is 5.41. The monoisotopic (exact) mass is 394 g/mol. The van der Waals surface area contributed by atoms with Crippen molar-refractivity contribution >= 4 is 34.3 Å². The lowest BCUT2D eigenvalue weighted by Gasteiger charge is -2.22. The molecule has 3 aromatic rings. The van der Waals surface area contributed by atoms with Gasteiger partial charge < -0.3 is 15.7 Å². The van der Waals surface area contributed by atoms with Crippen molar-refractivity contribution in [3.8, 4) is 16.2 Å². The van der Waals surface area contributed by atoms with Crippen LogP contribution in [0.3, 0.4) is 0 Å². The zero-order valence-corrected chi connectivity index (χ0v) is 16.2. The van der Waals surface area contributed by atoms with Gasteiger partial charge in [0.1, 0.15) is 5.75 Å². The average molecular weight is 394 g/mol. The van der Waals surface area contributed by atoms with Crippen molar-refractivity contribution in [1.29, 1.82) is 0 Å². The van der Waals surface area contributed by atoms with Crippen molar-refractivity contribution in [2.24, 2.45) is 5.92 Å². The molecular weight excluding hydrogens is 372 g/mol. The molecule has 0 unspecified atom stereocenters. The Morgan fingerprint density at radius 2 is 2.00 bits per heavy atom. The maximum Gasteiger partial charge on any atom is 0.261 e. The van der Waals surface area contributed by atoms with Gasteiger partial charge in [0.05, 0.1) is 10.4 Å². The van der Waals surface area contributed by atoms with Crippen molar-refractivity contribution in [3.63, 3.8) is 0 Å². The van der Waals surface area contributed by atoms with Gasteiger partial charge in [0.2, 0.25) is 0 Å². The minimum Gasteiger partial charge on any atom is -0.507 e. The van der Waals surface area contributed by atoms with E-state index in [9.17, 15) is 14.7 Å². The number of amides is 1. The molecule has 0 spiro atoms. The fourth-order valence-electron chi connectivity index (χ4n) is 3.64. The summed E-state index contributed by atoms with van der Waals surface area (Å²) in [5.74, 6) is 0.511. The van der Waals surface area contributed by atoms with Crippen LogP contribution in [0.2, 0.25) is 0 Å². The molecule has 144 valence electrons. The summed E-state index contributed by atoms with van der Waals surface area (Å²) >= 11 is 1.46. The maximum absolute atomic E-state index is 12.5. The number of nitrogens with one attached hydrogen (secondary N) is 2. The summed E-state index contributed by atoms with van der Waals surface area (Å²) in [7, 11) is 0. The first-order valence-corrected chi connectivity index (χ1v) is 10.3.